The Balaban J connectivity index is 1.47. The van der Waals surface area contributed by atoms with Crippen molar-refractivity contribution in [1.82, 2.24) is 4.57 Å². The van der Waals surface area contributed by atoms with Crippen LogP contribution in [-0.4, -0.2) is 28.8 Å². The first-order valence-corrected chi connectivity index (χ1v) is 11.8. The number of nitrogens with zero attached hydrogens (tertiary/aromatic N) is 1. The van der Waals surface area contributed by atoms with Crippen molar-refractivity contribution >= 4 is 34.2 Å². The number of ether oxygens (including phenoxy) is 1. The minimum atomic E-state index is -0.498. The second-order valence-corrected chi connectivity index (χ2v) is 9.10. The number of nitrogens with one attached hydrogen (secondary N) is 2. The summed E-state index contributed by atoms with van der Waals surface area (Å²) in [5.74, 6) is 0.535. The maximum Gasteiger partial charge on any atom is 0.272 e. The van der Waals surface area contributed by atoms with Crippen molar-refractivity contribution in [2.24, 2.45) is 17.4 Å². The lowest BCUT2D eigenvalue weighted by Crippen LogP contribution is -2.18. The highest BCUT2D eigenvalue weighted by Crippen LogP contribution is 2.30. The third-order valence-corrected chi connectivity index (χ3v) is 6.30. The van der Waals surface area contributed by atoms with Crippen LogP contribution < -0.4 is 21.5 Å². The van der Waals surface area contributed by atoms with Gasteiger partial charge in [0.25, 0.3) is 5.91 Å². The van der Waals surface area contributed by atoms with Crippen LogP contribution in [0, 0.1) is 11.3 Å². The predicted molar refractivity (Wildman–Crippen MR) is 140 cm³/mol. The molecule has 0 saturated heterocycles. The molecule has 0 aliphatic heterocycles. The van der Waals surface area contributed by atoms with Gasteiger partial charge in [0.1, 0.15) is 17.3 Å². The Bertz CT molecular complexity index is 1470. The smallest absolute Gasteiger partial charge is 0.272 e. The molecule has 0 spiro atoms. The lowest BCUT2D eigenvalue weighted by atomic mass is 10.1. The topological polar surface area (TPSA) is 136 Å². The molecule has 6 N–H and O–H groups in total. The van der Waals surface area contributed by atoms with Crippen LogP contribution in [0.1, 0.15) is 44.8 Å². The van der Waals surface area contributed by atoms with Gasteiger partial charge in [-0.1, -0.05) is 30.3 Å². The molecular weight excluding hydrogens is 454 g/mol. The number of anilines is 1. The van der Waals surface area contributed by atoms with E-state index in [1.54, 1.807) is 24.3 Å². The Morgan fingerprint density at radius 2 is 1.72 bits per heavy atom. The number of fused-ring (bicyclic) bond motifs is 1. The van der Waals surface area contributed by atoms with Crippen LogP contribution >= 0.6 is 0 Å². The number of hydrogen-bond donors (Lipinski definition) is 4. The highest BCUT2D eigenvalue weighted by atomic mass is 16.5. The van der Waals surface area contributed by atoms with Gasteiger partial charge in [0, 0.05) is 40.3 Å². The average Bonchev–Trinajstić information content (AvgIpc) is 3.63. The quantitative estimate of drug-likeness (QED) is 0.211. The third-order valence-electron chi connectivity index (χ3n) is 6.30. The summed E-state index contributed by atoms with van der Waals surface area (Å²) in [6.45, 7) is 1.07. The van der Waals surface area contributed by atoms with Crippen molar-refractivity contribution in [3.8, 4) is 5.75 Å². The summed E-state index contributed by atoms with van der Waals surface area (Å²) < 4.78 is 7.73. The first-order valence-electron chi connectivity index (χ1n) is 11.8. The maximum absolute atomic E-state index is 13.4. The molecule has 1 aliphatic carbocycles. The second kappa shape index (κ2) is 9.58. The van der Waals surface area contributed by atoms with E-state index >= 15 is 0 Å². The summed E-state index contributed by atoms with van der Waals surface area (Å²) in [7, 11) is 0. The number of carbonyl (C=O) groups is 2. The Morgan fingerprint density at radius 3 is 2.42 bits per heavy atom. The molecule has 1 fully saturated rings. The zero-order chi connectivity index (χ0) is 25.2. The number of carbonyl (C=O) groups excluding carboxylic acids is 2. The van der Waals surface area contributed by atoms with Crippen LogP contribution in [0.4, 0.5) is 5.69 Å². The van der Waals surface area contributed by atoms with E-state index in [1.807, 2.05) is 53.1 Å². The first kappa shape index (κ1) is 23.2. The van der Waals surface area contributed by atoms with Gasteiger partial charge in [-0.25, -0.2) is 0 Å². The number of primary amides is 1. The Labute approximate surface area is 208 Å². The van der Waals surface area contributed by atoms with Gasteiger partial charge in [-0.2, -0.15) is 0 Å². The number of benzene rings is 3. The number of aromatic nitrogens is 1. The molecule has 8 nitrogen and oxygen atoms in total. The second-order valence-electron chi connectivity index (χ2n) is 9.10. The first-order chi connectivity index (χ1) is 17.4. The predicted octanol–water partition coefficient (Wildman–Crippen LogP) is 4.11. The van der Waals surface area contributed by atoms with Crippen molar-refractivity contribution in [1.29, 1.82) is 5.41 Å². The molecule has 0 bridgehead atoms. The Morgan fingerprint density at radius 1 is 0.972 bits per heavy atom. The van der Waals surface area contributed by atoms with Crippen LogP contribution in [0.15, 0.2) is 72.8 Å². The summed E-state index contributed by atoms with van der Waals surface area (Å²) in [4.78, 5) is 24.9. The van der Waals surface area contributed by atoms with Crippen molar-refractivity contribution < 1.29 is 14.3 Å². The molecule has 182 valence electrons. The monoisotopic (exact) mass is 481 g/mol. The van der Waals surface area contributed by atoms with E-state index in [1.165, 1.54) is 12.8 Å². The van der Waals surface area contributed by atoms with Gasteiger partial charge in [-0.05, 0) is 60.7 Å². The van der Waals surface area contributed by atoms with E-state index in [2.05, 4.69) is 5.32 Å². The molecule has 0 radical (unpaired) electrons. The van der Waals surface area contributed by atoms with E-state index in [0.29, 0.717) is 41.6 Å². The van der Waals surface area contributed by atoms with E-state index in [9.17, 15) is 9.59 Å². The Kier molecular flexibility index (Phi) is 6.16. The number of amides is 2. The number of hydrogen-bond acceptors (Lipinski definition) is 4. The van der Waals surface area contributed by atoms with E-state index < -0.39 is 5.91 Å². The highest BCUT2D eigenvalue weighted by molar-refractivity contribution is 6.07. The Hall–Kier alpha value is -4.59. The number of nitrogens with two attached hydrogens (primary N) is 2. The van der Waals surface area contributed by atoms with Gasteiger partial charge in [-0.15, -0.1) is 0 Å². The molecule has 1 aliphatic rings. The number of nitrogen functional groups attached to an aromatic ring is 1. The lowest BCUT2D eigenvalue weighted by Gasteiger charge is -2.13. The molecule has 5 rings (SSSR count). The van der Waals surface area contributed by atoms with E-state index in [0.717, 1.165) is 22.2 Å². The van der Waals surface area contributed by atoms with Crippen LogP contribution in [0.25, 0.3) is 10.9 Å². The zero-order valence-electron chi connectivity index (χ0n) is 19.7. The molecule has 4 aromatic rings. The molecule has 1 saturated carbocycles. The highest BCUT2D eigenvalue weighted by Gasteiger charge is 2.22. The molecule has 36 heavy (non-hydrogen) atoms. The largest absolute Gasteiger partial charge is 0.493 e. The van der Waals surface area contributed by atoms with E-state index in [-0.39, 0.29) is 11.7 Å². The molecule has 1 heterocycles. The maximum atomic E-state index is 13.4. The van der Waals surface area contributed by atoms with Gasteiger partial charge in [0.15, 0.2) is 0 Å². The number of rotatable bonds is 9. The minimum Gasteiger partial charge on any atom is -0.493 e. The van der Waals surface area contributed by atoms with Gasteiger partial charge in [0.05, 0.1) is 6.61 Å². The standard InChI is InChI=1S/C28H27N5O3/c29-26(30)21-11-10-20-12-25(28(35)32-22-2-1-3-23(14-22)36-16-18-4-5-18)33(24(20)13-21)15-17-6-8-19(9-7-17)27(31)34/h1-3,6-14,18H,4-5,15-16H2,(H3,29,30)(H2,31,34)(H,32,35). The summed E-state index contributed by atoms with van der Waals surface area (Å²) in [6, 6.07) is 21.6. The fourth-order valence-electron chi connectivity index (χ4n) is 4.09. The summed E-state index contributed by atoms with van der Waals surface area (Å²) >= 11 is 0. The fourth-order valence-corrected chi connectivity index (χ4v) is 4.09. The van der Waals surface area contributed by atoms with E-state index in [4.69, 9.17) is 21.6 Å². The molecule has 3 aromatic carbocycles. The molecule has 0 unspecified atom stereocenters. The molecule has 1 aromatic heterocycles. The third kappa shape index (κ3) is 5.07. The molecule has 2 amide bonds. The lowest BCUT2D eigenvalue weighted by molar-refractivity contribution is 0.0997. The minimum absolute atomic E-state index is 0.0514. The van der Waals surface area contributed by atoms with Crippen molar-refractivity contribution in [2.75, 3.05) is 11.9 Å². The SMILES string of the molecule is N=C(N)c1ccc2cc(C(=O)Nc3cccc(OCC4CC4)c3)n(Cc3ccc(C(N)=O)cc3)c2c1. The summed E-state index contributed by atoms with van der Waals surface area (Å²) in [5.41, 5.74) is 14.8. The van der Waals surface area contributed by atoms with Crippen LogP contribution in [0.5, 0.6) is 5.75 Å². The average molecular weight is 482 g/mol. The van der Waals surface area contributed by atoms with Crippen LogP contribution in [0.2, 0.25) is 0 Å². The van der Waals surface area contributed by atoms with Crippen molar-refractivity contribution in [2.45, 2.75) is 19.4 Å². The normalized spacial score (nSPS) is 12.9. The van der Waals surface area contributed by atoms with Crippen LogP contribution in [-0.2, 0) is 6.54 Å². The van der Waals surface area contributed by atoms with Gasteiger partial charge in [-0.3, -0.25) is 15.0 Å². The van der Waals surface area contributed by atoms with Crippen molar-refractivity contribution in [3.05, 3.63) is 95.2 Å². The van der Waals surface area contributed by atoms with Crippen molar-refractivity contribution in [3.63, 3.8) is 0 Å². The zero-order valence-corrected chi connectivity index (χ0v) is 19.7. The summed E-state index contributed by atoms with van der Waals surface area (Å²) in [6.07, 6.45) is 2.41. The fraction of sp³-hybridized carbons (Fsp3) is 0.179. The molecule has 8 heteroatoms. The summed E-state index contributed by atoms with van der Waals surface area (Å²) in [5, 5.41) is 11.7. The van der Waals surface area contributed by atoms with Gasteiger partial charge < -0.3 is 26.1 Å². The van der Waals surface area contributed by atoms with Gasteiger partial charge in [0.2, 0.25) is 5.91 Å². The van der Waals surface area contributed by atoms with Gasteiger partial charge >= 0.3 is 0 Å². The molecule has 0 atom stereocenters. The molecular formula is C28H27N5O3. The van der Waals surface area contributed by atoms with Crippen LogP contribution in [0.3, 0.4) is 0 Å². The number of amidine groups is 1.